The monoisotopic (exact) mass is 454 g/mol. The number of nitrogens with one attached hydrogen (secondary N) is 2. The van der Waals surface area contributed by atoms with Gasteiger partial charge in [0.1, 0.15) is 11.0 Å². The molecule has 8 bridgehead atoms. The van der Waals surface area contributed by atoms with Crippen molar-refractivity contribution < 1.29 is 4.79 Å². The zero-order valence-electron chi connectivity index (χ0n) is 18.5. The molecule has 164 valence electrons. The molecule has 0 aliphatic carbocycles. The molecular weight excluding hydrogens is 432 g/mol. The fourth-order valence-corrected chi connectivity index (χ4v) is 5.41. The average Bonchev–Trinajstić information content (AvgIpc) is 3.57. The van der Waals surface area contributed by atoms with Crippen LogP contribution >= 0.6 is 11.3 Å². The molecule has 1 fully saturated rings. The quantitative estimate of drug-likeness (QED) is 0.690. The molecule has 1 saturated heterocycles. The predicted molar refractivity (Wildman–Crippen MR) is 130 cm³/mol. The van der Waals surface area contributed by atoms with Crippen LogP contribution in [0, 0.1) is 5.41 Å². The SMILES string of the molecule is CC12C=C3C=CC(=N3)C=c3ccc([nH]3)=CC3=NC(c4nncs4)(C=C3)C=C(N1)C(C)(C)C2=O. The van der Waals surface area contributed by atoms with Crippen LogP contribution in [0.25, 0.3) is 12.2 Å². The zero-order chi connectivity index (χ0) is 22.8. The second-order valence-electron chi connectivity index (χ2n) is 9.38. The highest BCUT2D eigenvalue weighted by molar-refractivity contribution is 7.09. The van der Waals surface area contributed by atoms with Crippen LogP contribution in [0.15, 0.2) is 75.5 Å². The van der Waals surface area contributed by atoms with Crippen LogP contribution in [0.5, 0.6) is 0 Å². The summed E-state index contributed by atoms with van der Waals surface area (Å²) in [6.45, 7) is 5.80. The minimum atomic E-state index is -0.895. The molecule has 0 radical (unpaired) electrons. The number of hydrogen-bond donors (Lipinski definition) is 2. The van der Waals surface area contributed by atoms with Crippen LogP contribution in [0.4, 0.5) is 0 Å². The molecule has 7 nitrogen and oxygen atoms in total. The second kappa shape index (κ2) is 6.68. The van der Waals surface area contributed by atoms with Gasteiger partial charge in [0.15, 0.2) is 16.3 Å². The lowest BCUT2D eigenvalue weighted by Crippen LogP contribution is -2.41. The highest BCUT2D eigenvalue weighted by Crippen LogP contribution is 2.44. The van der Waals surface area contributed by atoms with Gasteiger partial charge in [-0.1, -0.05) is 0 Å². The van der Waals surface area contributed by atoms with Crippen LogP contribution in [0.1, 0.15) is 25.8 Å². The van der Waals surface area contributed by atoms with Gasteiger partial charge in [-0.3, -0.25) is 9.79 Å². The third-order valence-electron chi connectivity index (χ3n) is 6.45. The van der Waals surface area contributed by atoms with Crippen LogP contribution in [-0.4, -0.2) is 37.9 Å². The summed E-state index contributed by atoms with van der Waals surface area (Å²) in [6, 6.07) is 4.03. The number of H-pyrrole nitrogens is 1. The Morgan fingerprint density at radius 1 is 0.970 bits per heavy atom. The molecule has 2 unspecified atom stereocenters. The Hall–Kier alpha value is -3.65. The van der Waals surface area contributed by atoms with Gasteiger partial charge in [0.25, 0.3) is 0 Å². The lowest BCUT2D eigenvalue weighted by molar-refractivity contribution is -0.126. The van der Waals surface area contributed by atoms with Gasteiger partial charge in [0, 0.05) is 16.4 Å². The van der Waals surface area contributed by atoms with E-state index >= 15 is 0 Å². The summed E-state index contributed by atoms with van der Waals surface area (Å²) < 4.78 is 0. The summed E-state index contributed by atoms with van der Waals surface area (Å²) in [7, 11) is 0. The molecule has 4 aliphatic rings. The summed E-state index contributed by atoms with van der Waals surface area (Å²) in [5.41, 5.74) is 2.45. The zero-order valence-corrected chi connectivity index (χ0v) is 19.3. The van der Waals surface area contributed by atoms with Crippen LogP contribution in [0.2, 0.25) is 0 Å². The first-order chi connectivity index (χ1) is 15.8. The highest BCUT2D eigenvalue weighted by atomic mass is 32.1. The number of fused-ring (bicyclic) bond motifs is 6. The van der Waals surface area contributed by atoms with E-state index < -0.39 is 16.5 Å². The lowest BCUT2D eigenvalue weighted by atomic mass is 9.80. The molecule has 4 aliphatic heterocycles. The number of aromatic amines is 1. The van der Waals surface area contributed by atoms with E-state index in [1.807, 2.05) is 81.5 Å². The van der Waals surface area contributed by atoms with E-state index in [0.29, 0.717) is 0 Å². The Labute approximate surface area is 194 Å². The topological polar surface area (TPSA) is 95.4 Å². The van der Waals surface area contributed by atoms with E-state index in [4.69, 9.17) is 9.98 Å². The summed E-state index contributed by atoms with van der Waals surface area (Å²) in [5, 5.41) is 14.5. The van der Waals surface area contributed by atoms with Gasteiger partial charge in [-0.2, -0.15) is 0 Å². The van der Waals surface area contributed by atoms with Crippen molar-refractivity contribution in [2.45, 2.75) is 31.8 Å². The maximum atomic E-state index is 13.6. The third kappa shape index (κ3) is 3.13. The summed E-state index contributed by atoms with van der Waals surface area (Å²) >= 11 is 1.44. The molecule has 0 aromatic carbocycles. The Bertz CT molecular complexity index is 1500. The standard InChI is InChI=1S/C25H22N6OS/c1-23(2)20-13-25(22-31-26-14-33-22)9-8-18(29-25)11-17-5-4-15(27-17)10-16-6-7-19(28-16)12-24(3,30-20)21(23)32/h4-14,27,30H,1-3H3. The number of aliphatic imine (C=N–C) groups is 2. The minimum absolute atomic E-state index is 0.0813. The molecule has 2 atom stereocenters. The smallest absolute Gasteiger partial charge is 0.173 e. The largest absolute Gasteiger partial charge is 0.373 e. The summed E-state index contributed by atoms with van der Waals surface area (Å²) in [6.07, 6.45) is 15.8. The Kier molecular flexibility index (Phi) is 4.05. The maximum absolute atomic E-state index is 13.6. The number of Topliss-reactive ketones (excluding diaryl/α,β-unsaturated/α-hetero) is 1. The van der Waals surface area contributed by atoms with Crippen molar-refractivity contribution in [2.75, 3.05) is 0 Å². The number of allylic oxidation sites excluding steroid dienone is 4. The first-order valence-corrected chi connectivity index (χ1v) is 11.6. The Balaban J connectivity index is 1.63. The van der Waals surface area contributed by atoms with E-state index in [-0.39, 0.29) is 5.78 Å². The molecular formula is C25H22N6OS. The van der Waals surface area contributed by atoms with Gasteiger partial charge in [-0.05, 0) is 81.5 Å². The molecule has 33 heavy (non-hydrogen) atoms. The number of rotatable bonds is 1. The van der Waals surface area contributed by atoms with Crippen molar-refractivity contribution in [1.82, 2.24) is 20.5 Å². The van der Waals surface area contributed by atoms with Crippen molar-refractivity contribution in [3.63, 3.8) is 0 Å². The van der Waals surface area contributed by atoms with Gasteiger partial charge in [-0.15, -0.1) is 21.5 Å². The minimum Gasteiger partial charge on any atom is -0.373 e. The van der Waals surface area contributed by atoms with Crippen LogP contribution in [-0.2, 0) is 10.3 Å². The molecule has 2 aromatic rings. The summed E-state index contributed by atoms with van der Waals surface area (Å²) in [5.74, 6) is 0.0813. The van der Waals surface area contributed by atoms with Gasteiger partial charge in [0.2, 0.25) is 0 Å². The number of hydrogen-bond acceptors (Lipinski definition) is 7. The van der Waals surface area contributed by atoms with Crippen molar-refractivity contribution in [2.24, 2.45) is 15.4 Å². The van der Waals surface area contributed by atoms with E-state index in [9.17, 15) is 4.79 Å². The third-order valence-corrected chi connectivity index (χ3v) is 7.29. The van der Waals surface area contributed by atoms with E-state index in [0.717, 1.165) is 38.5 Å². The van der Waals surface area contributed by atoms with Gasteiger partial charge >= 0.3 is 0 Å². The fourth-order valence-electron chi connectivity index (χ4n) is 4.76. The molecule has 2 N–H and O–H groups in total. The predicted octanol–water partition coefficient (Wildman–Crippen LogP) is 2.08. The lowest BCUT2D eigenvalue weighted by Gasteiger charge is -2.23. The second-order valence-corrected chi connectivity index (χ2v) is 10.2. The Morgan fingerprint density at radius 2 is 1.76 bits per heavy atom. The number of carbonyl (C=O) groups excluding carboxylic acids is 1. The average molecular weight is 455 g/mol. The highest BCUT2D eigenvalue weighted by Gasteiger charge is 2.52. The molecule has 6 rings (SSSR count). The molecule has 0 amide bonds. The molecule has 0 saturated carbocycles. The molecule has 8 heteroatoms. The molecule has 0 spiro atoms. The normalized spacial score (nSPS) is 29.0. The maximum Gasteiger partial charge on any atom is 0.173 e. The van der Waals surface area contributed by atoms with E-state index in [1.54, 1.807) is 5.51 Å². The van der Waals surface area contributed by atoms with Gasteiger partial charge < -0.3 is 10.3 Å². The number of carbonyl (C=O) groups is 1. The number of nitrogens with zero attached hydrogens (tertiary/aromatic N) is 4. The van der Waals surface area contributed by atoms with E-state index in [2.05, 4.69) is 20.5 Å². The van der Waals surface area contributed by atoms with Crippen molar-refractivity contribution in [3.8, 4) is 0 Å². The first-order valence-electron chi connectivity index (χ1n) is 10.8. The van der Waals surface area contributed by atoms with Crippen molar-refractivity contribution in [1.29, 1.82) is 0 Å². The number of ketones is 1. The molecule has 6 heterocycles. The van der Waals surface area contributed by atoms with Crippen molar-refractivity contribution in [3.05, 3.63) is 81.2 Å². The fraction of sp³-hybridized carbons (Fsp3) is 0.240. The van der Waals surface area contributed by atoms with Crippen molar-refractivity contribution >= 4 is 40.7 Å². The number of aromatic nitrogens is 3. The Morgan fingerprint density at radius 3 is 2.52 bits per heavy atom. The van der Waals surface area contributed by atoms with Gasteiger partial charge in [-0.25, -0.2) is 4.99 Å². The van der Waals surface area contributed by atoms with Gasteiger partial charge in [0.05, 0.1) is 22.5 Å². The molecule has 2 aromatic heterocycles. The van der Waals surface area contributed by atoms with Crippen LogP contribution in [0.3, 0.4) is 0 Å². The summed E-state index contributed by atoms with van der Waals surface area (Å²) in [4.78, 5) is 26.8. The van der Waals surface area contributed by atoms with E-state index in [1.165, 1.54) is 11.3 Å². The first kappa shape index (κ1) is 20.0. The van der Waals surface area contributed by atoms with Crippen LogP contribution < -0.4 is 16.0 Å².